The first kappa shape index (κ1) is 30.7. The van der Waals surface area contributed by atoms with Crippen molar-refractivity contribution < 1.29 is 4.79 Å². The van der Waals surface area contributed by atoms with Crippen LogP contribution in [0.3, 0.4) is 0 Å². The van der Waals surface area contributed by atoms with Crippen LogP contribution in [-0.4, -0.2) is 12.5 Å². The van der Waals surface area contributed by atoms with Crippen molar-refractivity contribution in [3.05, 3.63) is 182 Å². The summed E-state index contributed by atoms with van der Waals surface area (Å²) in [6.07, 6.45) is 2.97. The fourth-order valence-corrected chi connectivity index (χ4v) is 4.51. The zero-order valence-corrected chi connectivity index (χ0v) is 24.6. The molecule has 1 aliphatic heterocycles. The molecule has 214 valence electrons. The molecule has 2 heteroatoms. The standard InChI is InChI=1S/3C12H10.C5H9NO/c3*1-3-7-11(8-4-1)12-9-5-2-6-10-12;7-5-3-1-2-4-6-5/h3*1-10H;1-4H2,(H,6,7). The molecule has 0 aromatic heterocycles. The average Bonchev–Trinajstić information content (AvgIpc) is 3.12. The van der Waals surface area contributed by atoms with E-state index in [0.29, 0.717) is 0 Å². The minimum absolute atomic E-state index is 0.214. The summed E-state index contributed by atoms with van der Waals surface area (Å²) in [4.78, 5) is 10.4. The summed E-state index contributed by atoms with van der Waals surface area (Å²) in [5, 5.41) is 2.74. The second-order valence-corrected chi connectivity index (χ2v) is 10.0. The zero-order chi connectivity index (χ0) is 29.8. The van der Waals surface area contributed by atoms with Gasteiger partial charge in [0.15, 0.2) is 0 Å². The van der Waals surface area contributed by atoms with E-state index in [-0.39, 0.29) is 5.91 Å². The Labute approximate surface area is 256 Å². The summed E-state index contributed by atoms with van der Waals surface area (Å²) >= 11 is 0. The van der Waals surface area contributed by atoms with Crippen LogP contribution in [-0.2, 0) is 4.79 Å². The lowest BCUT2D eigenvalue weighted by Crippen LogP contribution is -2.28. The molecule has 0 atom stereocenters. The van der Waals surface area contributed by atoms with Gasteiger partial charge in [-0.25, -0.2) is 0 Å². The number of amides is 1. The van der Waals surface area contributed by atoms with E-state index in [4.69, 9.17) is 0 Å². The molecule has 0 unspecified atom stereocenters. The summed E-state index contributed by atoms with van der Waals surface area (Å²) in [5.41, 5.74) is 7.66. The Morgan fingerprint density at radius 1 is 0.326 bits per heavy atom. The van der Waals surface area contributed by atoms with E-state index in [2.05, 4.69) is 151 Å². The second-order valence-electron chi connectivity index (χ2n) is 10.0. The van der Waals surface area contributed by atoms with Crippen LogP contribution in [0.4, 0.5) is 0 Å². The smallest absolute Gasteiger partial charge is 0.219 e. The highest BCUT2D eigenvalue weighted by Crippen LogP contribution is 2.19. The van der Waals surface area contributed by atoms with Crippen LogP contribution in [0.25, 0.3) is 33.4 Å². The topological polar surface area (TPSA) is 29.1 Å². The first-order valence-corrected chi connectivity index (χ1v) is 14.9. The summed E-state index contributed by atoms with van der Waals surface area (Å²) < 4.78 is 0. The maximum absolute atomic E-state index is 10.4. The van der Waals surface area contributed by atoms with Crippen LogP contribution in [0.1, 0.15) is 19.3 Å². The molecule has 6 aromatic carbocycles. The van der Waals surface area contributed by atoms with Crippen LogP contribution >= 0.6 is 0 Å². The predicted octanol–water partition coefficient (Wildman–Crippen LogP) is 10.3. The van der Waals surface area contributed by atoms with Crippen molar-refractivity contribution in [1.82, 2.24) is 5.32 Å². The SMILES string of the molecule is O=C1CCCCN1.c1ccc(-c2ccccc2)cc1.c1ccc(-c2ccccc2)cc1.c1ccc(-c2ccccc2)cc1. The second kappa shape index (κ2) is 18.3. The van der Waals surface area contributed by atoms with Gasteiger partial charge in [-0.05, 0) is 46.2 Å². The molecule has 1 saturated heterocycles. The molecule has 0 aliphatic carbocycles. The van der Waals surface area contributed by atoms with Crippen LogP contribution in [0.15, 0.2) is 182 Å². The molecule has 0 bridgehead atoms. The Kier molecular flexibility index (Phi) is 13.1. The number of piperidine rings is 1. The summed E-state index contributed by atoms with van der Waals surface area (Å²) in [6.45, 7) is 0.888. The molecule has 0 saturated carbocycles. The molecule has 1 heterocycles. The summed E-state index contributed by atoms with van der Waals surface area (Å²) in [6, 6.07) is 62.3. The fraction of sp³-hybridized carbons (Fsp3) is 0.0976. The highest BCUT2D eigenvalue weighted by molar-refractivity contribution is 5.76. The van der Waals surface area contributed by atoms with Gasteiger partial charge in [0.25, 0.3) is 0 Å². The van der Waals surface area contributed by atoms with Crippen LogP contribution in [0, 0.1) is 0 Å². The lowest BCUT2D eigenvalue weighted by Gasteiger charge is -2.08. The molecular weight excluding hydrogens is 522 g/mol. The minimum Gasteiger partial charge on any atom is -0.356 e. The third-order valence-electron chi connectivity index (χ3n) is 6.80. The molecule has 1 aliphatic rings. The van der Waals surface area contributed by atoms with Crippen molar-refractivity contribution in [3.63, 3.8) is 0 Å². The number of rotatable bonds is 3. The van der Waals surface area contributed by atoms with Gasteiger partial charge in [0.2, 0.25) is 5.91 Å². The van der Waals surface area contributed by atoms with Crippen molar-refractivity contribution in [1.29, 1.82) is 0 Å². The summed E-state index contributed by atoms with van der Waals surface area (Å²) in [5.74, 6) is 0.214. The number of carbonyl (C=O) groups is 1. The first-order chi connectivity index (χ1) is 21.3. The van der Waals surface area contributed by atoms with Gasteiger partial charge < -0.3 is 5.32 Å². The number of hydrogen-bond acceptors (Lipinski definition) is 1. The van der Waals surface area contributed by atoms with E-state index < -0.39 is 0 Å². The maximum Gasteiger partial charge on any atom is 0.219 e. The van der Waals surface area contributed by atoms with Crippen LogP contribution in [0.5, 0.6) is 0 Å². The van der Waals surface area contributed by atoms with E-state index in [1.165, 1.54) is 33.4 Å². The largest absolute Gasteiger partial charge is 0.356 e. The van der Waals surface area contributed by atoms with Crippen molar-refractivity contribution in [2.75, 3.05) is 6.54 Å². The van der Waals surface area contributed by atoms with Gasteiger partial charge in [-0.15, -0.1) is 0 Å². The quantitative estimate of drug-likeness (QED) is 0.229. The first-order valence-electron chi connectivity index (χ1n) is 14.9. The molecule has 2 nitrogen and oxygen atoms in total. The lowest BCUT2D eigenvalue weighted by molar-refractivity contribution is -0.122. The van der Waals surface area contributed by atoms with Crippen molar-refractivity contribution in [2.45, 2.75) is 19.3 Å². The third kappa shape index (κ3) is 11.3. The van der Waals surface area contributed by atoms with Gasteiger partial charge >= 0.3 is 0 Å². The zero-order valence-electron chi connectivity index (χ0n) is 24.6. The normalized spacial score (nSPS) is 11.6. The molecule has 1 amide bonds. The number of carbonyl (C=O) groups excluding carboxylic acids is 1. The highest BCUT2D eigenvalue weighted by Gasteiger charge is 2.04. The number of hydrogen-bond donors (Lipinski definition) is 1. The third-order valence-corrected chi connectivity index (χ3v) is 6.80. The molecule has 6 aromatic rings. The Balaban J connectivity index is 0.000000134. The van der Waals surface area contributed by atoms with Gasteiger partial charge in [-0.3, -0.25) is 4.79 Å². The molecule has 43 heavy (non-hydrogen) atoms. The predicted molar refractivity (Wildman–Crippen MR) is 182 cm³/mol. The Hall–Kier alpha value is -5.21. The monoisotopic (exact) mass is 561 g/mol. The van der Waals surface area contributed by atoms with E-state index in [1.807, 2.05) is 36.4 Å². The van der Waals surface area contributed by atoms with E-state index in [0.717, 1.165) is 25.8 Å². The van der Waals surface area contributed by atoms with Crippen molar-refractivity contribution in [2.24, 2.45) is 0 Å². The fourth-order valence-electron chi connectivity index (χ4n) is 4.51. The van der Waals surface area contributed by atoms with E-state index >= 15 is 0 Å². The number of benzene rings is 6. The molecular formula is C41H39NO. The van der Waals surface area contributed by atoms with Gasteiger partial charge in [-0.1, -0.05) is 182 Å². The Bertz CT molecular complexity index is 1260. The van der Waals surface area contributed by atoms with Crippen molar-refractivity contribution >= 4 is 5.91 Å². The minimum atomic E-state index is 0.214. The molecule has 0 spiro atoms. The van der Waals surface area contributed by atoms with E-state index in [1.54, 1.807) is 0 Å². The van der Waals surface area contributed by atoms with Gasteiger partial charge in [0.05, 0.1) is 0 Å². The van der Waals surface area contributed by atoms with Crippen LogP contribution in [0.2, 0.25) is 0 Å². The summed E-state index contributed by atoms with van der Waals surface area (Å²) in [7, 11) is 0. The van der Waals surface area contributed by atoms with Gasteiger partial charge in [0, 0.05) is 13.0 Å². The van der Waals surface area contributed by atoms with Crippen LogP contribution < -0.4 is 5.32 Å². The maximum atomic E-state index is 10.4. The van der Waals surface area contributed by atoms with Crippen molar-refractivity contribution in [3.8, 4) is 33.4 Å². The number of nitrogens with one attached hydrogen (secondary N) is 1. The molecule has 0 radical (unpaired) electrons. The molecule has 7 rings (SSSR count). The van der Waals surface area contributed by atoms with Gasteiger partial charge in [-0.2, -0.15) is 0 Å². The average molecular weight is 562 g/mol. The van der Waals surface area contributed by atoms with Gasteiger partial charge in [0.1, 0.15) is 0 Å². The Morgan fingerprint density at radius 2 is 0.558 bits per heavy atom. The molecule has 1 fully saturated rings. The van der Waals surface area contributed by atoms with E-state index in [9.17, 15) is 4.79 Å². The Morgan fingerprint density at radius 3 is 0.698 bits per heavy atom. The highest BCUT2D eigenvalue weighted by atomic mass is 16.1. The lowest BCUT2D eigenvalue weighted by atomic mass is 10.1. The molecule has 1 N–H and O–H groups in total.